The number of rotatable bonds is 2. The monoisotopic (exact) mass is 368 g/mol. The van der Waals surface area contributed by atoms with Gasteiger partial charge < -0.3 is 8.92 Å². The molecule has 1 aliphatic heterocycles. The molecule has 0 radical (unpaired) electrons. The molecule has 0 saturated carbocycles. The summed E-state index contributed by atoms with van der Waals surface area (Å²) in [6.45, 7) is 0. The largest absolute Gasteiger partial charge is 0.426 e. The summed E-state index contributed by atoms with van der Waals surface area (Å²) in [6.07, 6.45) is 1.82. The molecule has 0 bridgehead atoms. The second kappa shape index (κ2) is 4.45. The highest BCUT2D eigenvalue weighted by atomic mass is 127. The van der Waals surface area contributed by atoms with Gasteiger partial charge >= 0.3 is 16.1 Å². The lowest BCUT2D eigenvalue weighted by Gasteiger charge is -2.18. The number of hydrogen-bond acceptors (Lipinski definition) is 5. The summed E-state index contributed by atoms with van der Waals surface area (Å²) < 4.78 is 32.7. The number of carbonyl (C=O) groups excluding carboxylic acids is 1. The van der Waals surface area contributed by atoms with Crippen LogP contribution >= 0.6 is 22.6 Å². The Labute approximate surface area is 112 Å². The number of fused-ring (bicyclic) bond motifs is 1. The fourth-order valence-corrected chi connectivity index (χ4v) is 2.98. The van der Waals surface area contributed by atoms with Gasteiger partial charge in [-0.2, -0.15) is 8.42 Å². The van der Waals surface area contributed by atoms with E-state index in [1.54, 1.807) is 6.07 Å². The highest BCUT2D eigenvalue weighted by molar-refractivity contribution is 14.1. The van der Waals surface area contributed by atoms with Gasteiger partial charge in [0.2, 0.25) is 0 Å². The van der Waals surface area contributed by atoms with E-state index in [-0.39, 0.29) is 11.7 Å². The van der Waals surface area contributed by atoms with E-state index in [1.165, 1.54) is 6.07 Å². The minimum atomic E-state index is -3.55. The zero-order valence-electron chi connectivity index (χ0n) is 8.90. The van der Waals surface area contributed by atoms with Crippen molar-refractivity contribution in [3.8, 4) is 11.5 Å². The van der Waals surface area contributed by atoms with Crippen LogP contribution in [0.25, 0.3) is 0 Å². The maximum atomic E-state index is 11.1. The van der Waals surface area contributed by atoms with Crippen LogP contribution in [0.3, 0.4) is 0 Å². The maximum absolute atomic E-state index is 11.1. The smallest absolute Gasteiger partial charge is 0.311 e. The first-order valence-electron chi connectivity index (χ1n) is 4.78. The lowest BCUT2D eigenvalue weighted by molar-refractivity contribution is -0.135. The van der Waals surface area contributed by atoms with Gasteiger partial charge in [-0.3, -0.25) is 4.79 Å². The normalized spacial score (nSPS) is 15.1. The molecule has 0 aromatic heterocycles. The van der Waals surface area contributed by atoms with E-state index in [2.05, 4.69) is 0 Å². The Morgan fingerprint density at radius 3 is 2.71 bits per heavy atom. The van der Waals surface area contributed by atoms with E-state index in [1.807, 2.05) is 22.6 Å². The lowest BCUT2D eigenvalue weighted by atomic mass is 10.1. The van der Waals surface area contributed by atoms with Gasteiger partial charge in [0.05, 0.1) is 16.2 Å². The standard InChI is InChI=1S/C10H9IO5S/c1-17(13,14)16-8-4-3-7-6(10(8)11)2-5-9(12)15-7/h3-4H,2,5H2,1H3. The van der Waals surface area contributed by atoms with E-state index < -0.39 is 10.1 Å². The summed E-state index contributed by atoms with van der Waals surface area (Å²) in [4.78, 5) is 11.1. The summed E-state index contributed by atoms with van der Waals surface area (Å²) in [5.74, 6) is 0.474. The van der Waals surface area contributed by atoms with E-state index >= 15 is 0 Å². The van der Waals surface area contributed by atoms with Crippen molar-refractivity contribution in [2.24, 2.45) is 0 Å². The molecule has 2 rings (SSSR count). The summed E-state index contributed by atoms with van der Waals surface area (Å²) in [6, 6.07) is 3.04. The average Bonchev–Trinajstić information content (AvgIpc) is 2.20. The quantitative estimate of drug-likeness (QED) is 0.342. The minimum Gasteiger partial charge on any atom is -0.426 e. The Kier molecular flexibility index (Phi) is 3.30. The number of carbonyl (C=O) groups is 1. The van der Waals surface area contributed by atoms with Gasteiger partial charge in [0.25, 0.3) is 0 Å². The summed E-state index contributed by atoms with van der Waals surface area (Å²) in [7, 11) is -3.55. The minimum absolute atomic E-state index is 0.268. The highest BCUT2D eigenvalue weighted by Gasteiger charge is 2.22. The number of halogens is 1. The summed E-state index contributed by atoms with van der Waals surface area (Å²) in [5.41, 5.74) is 0.811. The molecule has 0 aliphatic carbocycles. The maximum Gasteiger partial charge on any atom is 0.311 e. The molecule has 0 fully saturated rings. The topological polar surface area (TPSA) is 69.7 Å². The van der Waals surface area contributed by atoms with Crippen molar-refractivity contribution >= 4 is 38.7 Å². The fourth-order valence-electron chi connectivity index (χ4n) is 1.54. The second-order valence-electron chi connectivity index (χ2n) is 3.62. The molecule has 0 spiro atoms. The molecular formula is C10H9IO5S. The molecule has 1 aliphatic rings. The van der Waals surface area contributed by atoms with Crippen LogP contribution < -0.4 is 8.92 Å². The zero-order valence-corrected chi connectivity index (χ0v) is 11.9. The van der Waals surface area contributed by atoms with Crippen LogP contribution in [0.5, 0.6) is 11.5 Å². The van der Waals surface area contributed by atoms with Crippen molar-refractivity contribution in [1.29, 1.82) is 0 Å². The van der Waals surface area contributed by atoms with Crippen molar-refractivity contribution < 1.29 is 22.1 Å². The van der Waals surface area contributed by atoms with Gasteiger partial charge in [-0.05, 0) is 41.1 Å². The molecule has 1 aromatic rings. The molecule has 1 aromatic carbocycles. The van der Waals surface area contributed by atoms with E-state index in [0.717, 1.165) is 11.8 Å². The van der Waals surface area contributed by atoms with Gasteiger partial charge in [0, 0.05) is 5.56 Å². The number of hydrogen-bond donors (Lipinski definition) is 0. The van der Waals surface area contributed by atoms with Crippen molar-refractivity contribution in [2.45, 2.75) is 12.8 Å². The van der Waals surface area contributed by atoms with Crippen LogP contribution in [0, 0.1) is 3.57 Å². The Balaban J connectivity index is 2.43. The fraction of sp³-hybridized carbons (Fsp3) is 0.300. The molecular weight excluding hydrogens is 359 g/mol. The molecule has 7 heteroatoms. The summed E-state index contributed by atoms with van der Waals surface area (Å²) >= 11 is 1.99. The van der Waals surface area contributed by atoms with E-state index in [9.17, 15) is 13.2 Å². The molecule has 0 unspecified atom stereocenters. The number of ether oxygens (including phenoxy) is 1. The highest BCUT2D eigenvalue weighted by Crippen LogP contribution is 2.35. The average molecular weight is 368 g/mol. The van der Waals surface area contributed by atoms with Gasteiger partial charge in [-0.15, -0.1) is 0 Å². The Bertz CT molecular complexity index is 579. The van der Waals surface area contributed by atoms with Crippen LogP contribution in [-0.2, 0) is 21.3 Å². The molecule has 0 saturated heterocycles. The first-order chi connectivity index (χ1) is 7.87. The molecule has 17 heavy (non-hydrogen) atoms. The number of benzene rings is 1. The van der Waals surface area contributed by atoms with Crippen molar-refractivity contribution in [3.05, 3.63) is 21.3 Å². The third-order valence-corrected chi connectivity index (χ3v) is 3.87. The van der Waals surface area contributed by atoms with Crippen LogP contribution in [-0.4, -0.2) is 20.6 Å². The van der Waals surface area contributed by atoms with Gasteiger partial charge in [-0.1, -0.05) is 0 Å². The Morgan fingerprint density at radius 1 is 1.35 bits per heavy atom. The van der Waals surface area contributed by atoms with Gasteiger partial charge in [-0.25, -0.2) is 0 Å². The molecule has 5 nitrogen and oxygen atoms in total. The van der Waals surface area contributed by atoms with E-state index in [0.29, 0.717) is 22.2 Å². The van der Waals surface area contributed by atoms with E-state index in [4.69, 9.17) is 8.92 Å². The predicted octanol–water partition coefficient (Wildman–Crippen LogP) is 1.48. The SMILES string of the molecule is CS(=O)(=O)Oc1ccc2c(c1I)CCC(=O)O2. The lowest BCUT2D eigenvalue weighted by Crippen LogP contribution is -2.17. The van der Waals surface area contributed by atoms with Gasteiger partial charge in [0.15, 0.2) is 5.75 Å². The third-order valence-electron chi connectivity index (χ3n) is 2.21. The number of esters is 1. The van der Waals surface area contributed by atoms with Crippen LogP contribution in [0.15, 0.2) is 12.1 Å². The Hall–Kier alpha value is -0.830. The van der Waals surface area contributed by atoms with Gasteiger partial charge in [0.1, 0.15) is 5.75 Å². The van der Waals surface area contributed by atoms with Crippen molar-refractivity contribution in [2.75, 3.05) is 6.26 Å². The van der Waals surface area contributed by atoms with Crippen LogP contribution in [0.4, 0.5) is 0 Å². The molecule has 0 N–H and O–H groups in total. The Morgan fingerprint density at radius 2 is 2.06 bits per heavy atom. The first-order valence-corrected chi connectivity index (χ1v) is 7.68. The molecule has 0 atom stereocenters. The molecule has 92 valence electrons. The van der Waals surface area contributed by atoms with Crippen molar-refractivity contribution in [3.63, 3.8) is 0 Å². The molecule has 0 amide bonds. The first kappa shape index (κ1) is 12.6. The summed E-state index contributed by atoms with van der Waals surface area (Å²) in [5, 5.41) is 0. The zero-order chi connectivity index (χ0) is 12.6. The second-order valence-corrected chi connectivity index (χ2v) is 6.27. The van der Waals surface area contributed by atoms with Crippen LogP contribution in [0.1, 0.15) is 12.0 Å². The predicted molar refractivity (Wildman–Crippen MR) is 68.6 cm³/mol. The van der Waals surface area contributed by atoms with Crippen LogP contribution in [0.2, 0.25) is 0 Å². The van der Waals surface area contributed by atoms with Crippen molar-refractivity contribution in [1.82, 2.24) is 0 Å². The third kappa shape index (κ3) is 2.89. The molecule has 1 heterocycles.